The number of aliphatic hydroxyl groups is 1. The molecular formula is C17H19NO5. The van der Waals surface area contributed by atoms with Crippen LogP contribution in [-0.4, -0.2) is 28.6 Å². The first kappa shape index (κ1) is 16.8. The third-order valence-electron chi connectivity index (χ3n) is 3.55. The Morgan fingerprint density at radius 2 is 1.96 bits per heavy atom. The van der Waals surface area contributed by atoms with E-state index in [9.17, 15) is 14.7 Å². The normalized spacial score (nSPS) is 13.3. The second-order valence-electron chi connectivity index (χ2n) is 5.49. The molecule has 0 saturated carbocycles. The van der Waals surface area contributed by atoms with Gasteiger partial charge in [-0.05, 0) is 37.1 Å². The molecule has 1 aromatic heterocycles. The Balaban J connectivity index is 1.88. The van der Waals surface area contributed by atoms with Crippen LogP contribution in [0.4, 0.5) is 0 Å². The lowest BCUT2D eigenvalue weighted by Gasteiger charge is -2.21. The van der Waals surface area contributed by atoms with E-state index in [1.807, 2.05) is 0 Å². The van der Waals surface area contributed by atoms with Crippen molar-refractivity contribution < 1.29 is 24.2 Å². The molecule has 6 heteroatoms. The predicted octanol–water partition coefficient (Wildman–Crippen LogP) is 1.93. The first-order valence-corrected chi connectivity index (χ1v) is 7.24. The highest BCUT2D eigenvalue weighted by atomic mass is 16.4. The average Bonchev–Trinajstić information content (AvgIpc) is 3.06. The number of hydrogen-bond donors (Lipinski definition) is 3. The van der Waals surface area contributed by atoms with E-state index in [0.29, 0.717) is 17.7 Å². The summed E-state index contributed by atoms with van der Waals surface area (Å²) >= 11 is 0. The summed E-state index contributed by atoms with van der Waals surface area (Å²) in [5, 5.41) is 22.0. The second-order valence-corrected chi connectivity index (χ2v) is 5.49. The Morgan fingerprint density at radius 3 is 2.61 bits per heavy atom. The van der Waals surface area contributed by atoms with Crippen LogP contribution in [0, 0.1) is 0 Å². The molecule has 2 aromatic rings. The Labute approximate surface area is 133 Å². The monoisotopic (exact) mass is 317 g/mol. The van der Waals surface area contributed by atoms with Gasteiger partial charge in [0.15, 0.2) is 0 Å². The van der Waals surface area contributed by atoms with Crippen LogP contribution in [0.2, 0.25) is 0 Å². The smallest absolute Gasteiger partial charge is 0.335 e. The van der Waals surface area contributed by atoms with E-state index < -0.39 is 11.6 Å². The zero-order chi connectivity index (χ0) is 16.9. The molecule has 0 spiro atoms. The van der Waals surface area contributed by atoms with E-state index in [1.165, 1.54) is 12.3 Å². The first-order chi connectivity index (χ1) is 10.9. The maximum Gasteiger partial charge on any atom is 0.335 e. The third-order valence-corrected chi connectivity index (χ3v) is 3.55. The maximum absolute atomic E-state index is 11.9. The third kappa shape index (κ3) is 4.43. The summed E-state index contributed by atoms with van der Waals surface area (Å²) in [6.07, 6.45) is 1.91. The molecule has 3 N–H and O–H groups in total. The Morgan fingerprint density at radius 1 is 1.22 bits per heavy atom. The molecule has 0 aliphatic heterocycles. The summed E-state index contributed by atoms with van der Waals surface area (Å²) in [7, 11) is 0. The molecule has 1 aromatic carbocycles. The van der Waals surface area contributed by atoms with Crippen molar-refractivity contribution in [3.8, 4) is 0 Å². The Kier molecular flexibility index (Phi) is 5.18. The van der Waals surface area contributed by atoms with Gasteiger partial charge in [0.2, 0.25) is 5.91 Å². The number of carboxylic acid groups (broad SMARTS) is 1. The summed E-state index contributed by atoms with van der Waals surface area (Å²) in [5.74, 6) is -0.909. The number of aryl methyl sites for hydroxylation is 1. The number of furan rings is 1. The number of amides is 1. The summed E-state index contributed by atoms with van der Waals surface area (Å²) in [6.45, 7) is 1.56. The molecule has 0 fully saturated rings. The Hall–Kier alpha value is -2.60. The van der Waals surface area contributed by atoms with Crippen molar-refractivity contribution >= 4 is 11.9 Å². The molecule has 0 aliphatic rings. The van der Waals surface area contributed by atoms with Gasteiger partial charge in [-0.25, -0.2) is 4.79 Å². The van der Waals surface area contributed by atoms with E-state index in [0.717, 1.165) is 0 Å². The van der Waals surface area contributed by atoms with Crippen LogP contribution >= 0.6 is 0 Å². The van der Waals surface area contributed by atoms with Crippen LogP contribution in [0.25, 0.3) is 0 Å². The number of hydrogen-bond acceptors (Lipinski definition) is 4. The number of rotatable bonds is 7. The highest BCUT2D eigenvalue weighted by Gasteiger charge is 2.26. The fourth-order valence-corrected chi connectivity index (χ4v) is 2.23. The van der Waals surface area contributed by atoms with Gasteiger partial charge in [0, 0.05) is 6.42 Å². The second kappa shape index (κ2) is 7.11. The standard InChI is InChI=1S/C17H19NO5/c1-17(22,14-7-4-10-23-14)11-18-15(19)9-8-12-5-2-3-6-13(12)16(20)21/h2-7,10,22H,8-9,11H2,1H3,(H,18,19)(H,20,21). The van der Waals surface area contributed by atoms with E-state index >= 15 is 0 Å². The van der Waals surface area contributed by atoms with Crippen molar-refractivity contribution in [3.63, 3.8) is 0 Å². The van der Waals surface area contributed by atoms with Gasteiger partial charge >= 0.3 is 5.97 Å². The lowest BCUT2D eigenvalue weighted by atomic mass is 10.0. The summed E-state index contributed by atoms with van der Waals surface area (Å²) in [6, 6.07) is 9.88. The maximum atomic E-state index is 11.9. The molecule has 6 nitrogen and oxygen atoms in total. The molecule has 122 valence electrons. The molecule has 2 rings (SSSR count). The Bertz CT molecular complexity index is 676. The molecule has 1 amide bonds. The quantitative estimate of drug-likeness (QED) is 0.724. The molecule has 1 heterocycles. The first-order valence-electron chi connectivity index (χ1n) is 7.24. The number of carbonyl (C=O) groups is 2. The summed E-state index contributed by atoms with van der Waals surface area (Å²) in [4.78, 5) is 23.0. The molecule has 0 aliphatic carbocycles. The zero-order valence-electron chi connectivity index (χ0n) is 12.8. The summed E-state index contributed by atoms with van der Waals surface area (Å²) < 4.78 is 5.14. The number of nitrogens with one attached hydrogen (secondary N) is 1. The van der Waals surface area contributed by atoms with Crippen LogP contribution in [-0.2, 0) is 16.8 Å². The van der Waals surface area contributed by atoms with E-state index in [4.69, 9.17) is 9.52 Å². The van der Waals surface area contributed by atoms with Crippen molar-refractivity contribution in [1.29, 1.82) is 0 Å². The molecule has 0 saturated heterocycles. The van der Waals surface area contributed by atoms with E-state index in [-0.39, 0.29) is 24.4 Å². The minimum absolute atomic E-state index is 0.0138. The molecule has 23 heavy (non-hydrogen) atoms. The fourth-order valence-electron chi connectivity index (χ4n) is 2.23. The SMILES string of the molecule is CC(O)(CNC(=O)CCc1ccccc1C(=O)O)c1ccco1. The van der Waals surface area contributed by atoms with Crippen LogP contribution in [0.1, 0.15) is 35.0 Å². The van der Waals surface area contributed by atoms with Gasteiger partial charge in [-0.15, -0.1) is 0 Å². The molecule has 0 radical (unpaired) electrons. The van der Waals surface area contributed by atoms with Gasteiger partial charge in [-0.2, -0.15) is 0 Å². The average molecular weight is 317 g/mol. The number of benzene rings is 1. The van der Waals surface area contributed by atoms with Gasteiger partial charge in [0.1, 0.15) is 11.4 Å². The van der Waals surface area contributed by atoms with Crippen LogP contribution < -0.4 is 5.32 Å². The number of carbonyl (C=O) groups excluding carboxylic acids is 1. The molecule has 1 atom stereocenters. The van der Waals surface area contributed by atoms with Crippen LogP contribution in [0.5, 0.6) is 0 Å². The van der Waals surface area contributed by atoms with Crippen molar-refractivity contribution in [1.82, 2.24) is 5.32 Å². The van der Waals surface area contributed by atoms with E-state index in [1.54, 1.807) is 37.3 Å². The highest BCUT2D eigenvalue weighted by Crippen LogP contribution is 2.19. The zero-order valence-corrected chi connectivity index (χ0v) is 12.8. The minimum atomic E-state index is -1.29. The van der Waals surface area contributed by atoms with Gasteiger partial charge < -0.3 is 19.9 Å². The topological polar surface area (TPSA) is 99.8 Å². The van der Waals surface area contributed by atoms with Gasteiger partial charge in [0.05, 0.1) is 18.4 Å². The number of carboxylic acids is 1. The molecular weight excluding hydrogens is 298 g/mol. The van der Waals surface area contributed by atoms with Gasteiger partial charge in [-0.1, -0.05) is 18.2 Å². The lowest BCUT2D eigenvalue weighted by molar-refractivity contribution is -0.122. The predicted molar refractivity (Wildman–Crippen MR) is 83.0 cm³/mol. The lowest BCUT2D eigenvalue weighted by Crippen LogP contribution is -2.38. The summed E-state index contributed by atoms with van der Waals surface area (Å²) in [5.41, 5.74) is -0.492. The van der Waals surface area contributed by atoms with Crippen molar-refractivity contribution in [2.45, 2.75) is 25.4 Å². The minimum Gasteiger partial charge on any atom is -0.478 e. The highest BCUT2D eigenvalue weighted by molar-refractivity contribution is 5.89. The van der Waals surface area contributed by atoms with Crippen LogP contribution in [0.3, 0.4) is 0 Å². The van der Waals surface area contributed by atoms with Crippen molar-refractivity contribution in [3.05, 3.63) is 59.5 Å². The van der Waals surface area contributed by atoms with E-state index in [2.05, 4.69) is 5.32 Å². The van der Waals surface area contributed by atoms with Gasteiger partial charge in [0.25, 0.3) is 0 Å². The van der Waals surface area contributed by atoms with Gasteiger partial charge in [-0.3, -0.25) is 4.79 Å². The molecule has 1 unspecified atom stereocenters. The van der Waals surface area contributed by atoms with Crippen molar-refractivity contribution in [2.75, 3.05) is 6.54 Å². The van der Waals surface area contributed by atoms with Crippen molar-refractivity contribution in [2.24, 2.45) is 0 Å². The molecule has 0 bridgehead atoms. The fraction of sp³-hybridized carbons (Fsp3) is 0.294. The van der Waals surface area contributed by atoms with Crippen LogP contribution in [0.15, 0.2) is 47.1 Å². The number of aromatic carboxylic acids is 1. The largest absolute Gasteiger partial charge is 0.478 e.